The summed E-state index contributed by atoms with van der Waals surface area (Å²) in [6.07, 6.45) is 3.51. The van der Waals surface area contributed by atoms with Gasteiger partial charge in [0.15, 0.2) is 0 Å². The van der Waals surface area contributed by atoms with Gasteiger partial charge in [0.2, 0.25) is 10.0 Å². The van der Waals surface area contributed by atoms with Crippen LogP contribution in [0.3, 0.4) is 0 Å². The predicted octanol–water partition coefficient (Wildman–Crippen LogP) is 0.726. The molecule has 10 heteroatoms. The molecule has 0 bridgehead atoms. The summed E-state index contributed by atoms with van der Waals surface area (Å²) < 4.78 is 52.7. The van der Waals surface area contributed by atoms with Crippen LogP contribution in [0.25, 0.3) is 0 Å². The van der Waals surface area contributed by atoms with Crippen molar-refractivity contribution in [1.29, 1.82) is 0 Å². The zero-order chi connectivity index (χ0) is 18.0. The largest absolute Gasteiger partial charge is 0.383 e. The smallest absolute Gasteiger partial charge is 0.210 e. The summed E-state index contributed by atoms with van der Waals surface area (Å²) in [5.41, 5.74) is -1.92. The Morgan fingerprint density at radius 3 is 2.62 bits per heavy atom. The third-order valence-electron chi connectivity index (χ3n) is 3.73. The lowest BCUT2D eigenvalue weighted by Gasteiger charge is -2.30. The Morgan fingerprint density at radius 1 is 1.38 bits per heavy atom. The van der Waals surface area contributed by atoms with Crippen LogP contribution >= 0.6 is 0 Å². The molecular formula is C14H18F2N4O3S. The zero-order valence-electron chi connectivity index (χ0n) is 13.2. The number of hydrogen-bond acceptors (Lipinski definition) is 5. The van der Waals surface area contributed by atoms with Crippen LogP contribution in [0.5, 0.6) is 0 Å². The number of hydrogen-bond donors (Lipinski definition) is 1. The van der Waals surface area contributed by atoms with E-state index < -0.39 is 27.3 Å². The molecule has 1 aromatic carbocycles. The van der Waals surface area contributed by atoms with Gasteiger partial charge < -0.3 is 5.11 Å². The second-order valence-electron chi connectivity index (χ2n) is 5.58. The first-order valence-corrected chi connectivity index (χ1v) is 8.88. The van der Waals surface area contributed by atoms with E-state index in [1.807, 2.05) is 0 Å². The predicted molar refractivity (Wildman–Crippen MR) is 82.4 cm³/mol. The van der Waals surface area contributed by atoms with Crippen LogP contribution in [0.1, 0.15) is 12.0 Å². The molecule has 0 saturated carbocycles. The number of sulfonamides is 1. The summed E-state index contributed by atoms with van der Waals surface area (Å²) in [6, 6.07) is 2.84. The van der Waals surface area contributed by atoms with Crippen LogP contribution in [0.15, 0.2) is 30.9 Å². The van der Waals surface area contributed by atoms with Crippen LogP contribution in [0.4, 0.5) is 8.78 Å². The number of aliphatic hydroxyl groups is 1. The summed E-state index contributed by atoms with van der Waals surface area (Å²) in [7, 11) is -2.10. The van der Waals surface area contributed by atoms with Crippen molar-refractivity contribution in [2.75, 3.05) is 19.8 Å². The van der Waals surface area contributed by atoms with E-state index in [0.29, 0.717) is 6.07 Å². The van der Waals surface area contributed by atoms with Crippen molar-refractivity contribution in [3.63, 3.8) is 0 Å². The molecule has 24 heavy (non-hydrogen) atoms. The molecular weight excluding hydrogens is 342 g/mol. The van der Waals surface area contributed by atoms with Crippen LogP contribution in [0, 0.1) is 11.6 Å². The van der Waals surface area contributed by atoms with Gasteiger partial charge in [0, 0.05) is 25.2 Å². The van der Waals surface area contributed by atoms with Crippen molar-refractivity contribution in [2.24, 2.45) is 0 Å². The van der Waals surface area contributed by atoms with Gasteiger partial charge in [0.1, 0.15) is 29.9 Å². The van der Waals surface area contributed by atoms with Gasteiger partial charge in [-0.15, -0.1) is 0 Å². The quantitative estimate of drug-likeness (QED) is 0.786. The van der Waals surface area contributed by atoms with E-state index in [9.17, 15) is 22.3 Å². The van der Waals surface area contributed by atoms with Gasteiger partial charge in [-0.2, -0.15) is 5.10 Å². The van der Waals surface area contributed by atoms with E-state index in [1.165, 1.54) is 24.4 Å². The fourth-order valence-corrected chi connectivity index (χ4v) is 2.68. The van der Waals surface area contributed by atoms with Crippen LogP contribution < -0.4 is 0 Å². The van der Waals surface area contributed by atoms with E-state index in [-0.39, 0.29) is 25.1 Å². The summed E-state index contributed by atoms with van der Waals surface area (Å²) in [5.74, 6) is -1.69. The van der Waals surface area contributed by atoms with E-state index in [0.717, 1.165) is 22.7 Å². The second-order valence-corrected chi connectivity index (χ2v) is 7.67. The lowest BCUT2D eigenvalue weighted by Crippen LogP contribution is -2.38. The van der Waals surface area contributed by atoms with Crippen molar-refractivity contribution in [3.8, 4) is 0 Å². The molecule has 7 nitrogen and oxygen atoms in total. The molecule has 0 unspecified atom stereocenters. The molecule has 0 aliphatic heterocycles. The average Bonchev–Trinajstić information content (AvgIpc) is 2.96. The first-order valence-electron chi connectivity index (χ1n) is 7.03. The standard InChI is InChI=1S/C14H18F2N4O3S/c1-19(24(2,22)23)6-5-14(21,8-20-10-17-9-18-20)12-4-3-11(15)7-13(12)16/h3-4,7,9-10,21H,5-6,8H2,1-2H3/t14-/m0/s1. The molecule has 1 aromatic heterocycles. The molecule has 0 radical (unpaired) electrons. The Bertz CT molecular complexity index is 798. The monoisotopic (exact) mass is 360 g/mol. The number of benzene rings is 1. The highest BCUT2D eigenvalue weighted by Gasteiger charge is 2.34. The van der Waals surface area contributed by atoms with E-state index >= 15 is 0 Å². The highest BCUT2D eigenvalue weighted by Crippen LogP contribution is 2.30. The molecule has 2 aromatic rings. The molecule has 0 aliphatic carbocycles. The van der Waals surface area contributed by atoms with E-state index in [4.69, 9.17) is 0 Å². The minimum Gasteiger partial charge on any atom is -0.383 e. The van der Waals surface area contributed by atoms with E-state index in [2.05, 4.69) is 10.1 Å². The minimum atomic E-state index is -3.45. The molecule has 0 spiro atoms. The fraction of sp³-hybridized carbons (Fsp3) is 0.429. The molecule has 1 atom stereocenters. The third-order valence-corrected chi connectivity index (χ3v) is 5.04. The van der Waals surface area contributed by atoms with Gasteiger partial charge >= 0.3 is 0 Å². The van der Waals surface area contributed by atoms with Crippen LogP contribution in [-0.2, 0) is 22.2 Å². The molecule has 0 aliphatic rings. The molecule has 0 amide bonds. The van der Waals surface area contributed by atoms with Gasteiger partial charge in [-0.3, -0.25) is 0 Å². The molecule has 1 N–H and O–H groups in total. The summed E-state index contributed by atoms with van der Waals surface area (Å²) >= 11 is 0. The topological polar surface area (TPSA) is 88.3 Å². The van der Waals surface area contributed by atoms with E-state index in [1.54, 1.807) is 0 Å². The maximum atomic E-state index is 14.2. The first-order chi connectivity index (χ1) is 11.1. The normalized spacial score (nSPS) is 14.8. The van der Waals surface area contributed by atoms with Crippen LogP contribution in [0.2, 0.25) is 0 Å². The van der Waals surface area contributed by atoms with Gasteiger partial charge in [0.25, 0.3) is 0 Å². The Hall–Kier alpha value is -1.91. The van der Waals surface area contributed by atoms with Gasteiger partial charge in [0.05, 0.1) is 12.8 Å². The zero-order valence-corrected chi connectivity index (χ0v) is 14.0. The number of halogens is 2. The highest BCUT2D eigenvalue weighted by atomic mass is 32.2. The fourth-order valence-electron chi connectivity index (χ4n) is 2.26. The number of aromatic nitrogens is 3. The number of rotatable bonds is 7. The van der Waals surface area contributed by atoms with Crippen LogP contribution in [-0.4, -0.2) is 52.4 Å². The second kappa shape index (κ2) is 6.91. The SMILES string of the molecule is CN(CC[C@](O)(Cn1cncn1)c1ccc(F)cc1F)S(C)(=O)=O. The van der Waals surface area contributed by atoms with Crippen molar-refractivity contribution < 1.29 is 22.3 Å². The lowest BCUT2D eigenvalue weighted by molar-refractivity contribution is 0.000199. The van der Waals surface area contributed by atoms with Gasteiger partial charge in [-0.25, -0.2) is 31.2 Å². The van der Waals surface area contributed by atoms with Gasteiger partial charge in [-0.1, -0.05) is 6.07 Å². The lowest BCUT2D eigenvalue weighted by atomic mass is 9.89. The highest BCUT2D eigenvalue weighted by molar-refractivity contribution is 7.88. The molecule has 132 valence electrons. The Labute approximate surface area is 138 Å². The third kappa shape index (κ3) is 4.34. The summed E-state index contributed by atoms with van der Waals surface area (Å²) in [6.45, 7) is -0.214. The Balaban J connectivity index is 2.33. The Kier molecular flexibility index (Phi) is 5.31. The molecule has 0 fully saturated rings. The molecule has 0 saturated heterocycles. The summed E-state index contributed by atoms with van der Waals surface area (Å²) in [4.78, 5) is 3.75. The average molecular weight is 360 g/mol. The molecule has 2 rings (SSSR count). The number of nitrogens with zero attached hydrogens (tertiary/aromatic N) is 4. The van der Waals surface area contributed by atoms with Crippen molar-refractivity contribution in [3.05, 3.63) is 48.1 Å². The maximum absolute atomic E-state index is 14.2. The van der Waals surface area contributed by atoms with Crippen molar-refractivity contribution in [2.45, 2.75) is 18.6 Å². The van der Waals surface area contributed by atoms with Crippen molar-refractivity contribution in [1.82, 2.24) is 19.1 Å². The molecule has 1 heterocycles. The maximum Gasteiger partial charge on any atom is 0.210 e. The van der Waals surface area contributed by atoms with Crippen molar-refractivity contribution >= 4 is 10.0 Å². The summed E-state index contributed by atoms with van der Waals surface area (Å²) in [5, 5.41) is 14.8. The first kappa shape index (κ1) is 18.4. The Morgan fingerprint density at radius 2 is 2.08 bits per heavy atom. The van der Waals surface area contributed by atoms with Gasteiger partial charge in [-0.05, 0) is 12.5 Å². The minimum absolute atomic E-state index is 0.0547.